The number of aromatic hydroxyl groups is 1. The van der Waals surface area contributed by atoms with Gasteiger partial charge >= 0.3 is 0 Å². The lowest BCUT2D eigenvalue weighted by Gasteiger charge is -2.21. The van der Waals surface area contributed by atoms with E-state index in [-0.39, 0.29) is 0 Å². The smallest absolute Gasteiger partial charge is 0.123 e. The van der Waals surface area contributed by atoms with E-state index in [9.17, 15) is 5.11 Å². The number of hydrogen-bond donors (Lipinski definition) is 1. The number of hydrogen-bond acceptors (Lipinski definition) is 4. The third-order valence-electron chi connectivity index (χ3n) is 3.73. The van der Waals surface area contributed by atoms with Crippen molar-refractivity contribution in [3.63, 3.8) is 0 Å². The van der Waals surface area contributed by atoms with E-state index in [1.807, 2.05) is 12.1 Å². The first-order valence-corrected chi connectivity index (χ1v) is 6.96. The fourth-order valence-corrected chi connectivity index (χ4v) is 2.49. The highest BCUT2D eigenvalue weighted by Gasteiger charge is 2.12. The lowest BCUT2D eigenvalue weighted by molar-refractivity contribution is 0.250. The first-order valence-electron chi connectivity index (χ1n) is 6.96. The molecule has 1 saturated heterocycles. The second kappa shape index (κ2) is 6.78. The zero-order valence-electron chi connectivity index (χ0n) is 11.9. The molecule has 19 heavy (non-hydrogen) atoms. The van der Waals surface area contributed by atoms with Gasteiger partial charge in [-0.25, -0.2) is 0 Å². The van der Waals surface area contributed by atoms with E-state index in [1.165, 1.54) is 25.9 Å². The lowest BCUT2D eigenvalue weighted by atomic mass is 10.2. The largest absolute Gasteiger partial charge is 0.507 e. The summed E-state index contributed by atoms with van der Waals surface area (Å²) in [6.07, 6.45) is 2.67. The summed E-state index contributed by atoms with van der Waals surface area (Å²) in [6, 6.07) is 5.49. The third kappa shape index (κ3) is 4.11. The van der Waals surface area contributed by atoms with Crippen LogP contribution in [0.15, 0.2) is 18.2 Å². The first kappa shape index (κ1) is 14.2. The molecular weight excluding hydrogens is 240 g/mol. The number of ether oxygens (including phenoxy) is 1. The van der Waals surface area contributed by atoms with Crippen LogP contribution in [0.5, 0.6) is 11.5 Å². The molecule has 0 bridgehead atoms. The summed E-state index contributed by atoms with van der Waals surface area (Å²) in [6.45, 7) is 5.39. The van der Waals surface area contributed by atoms with Gasteiger partial charge in [0.2, 0.25) is 0 Å². The van der Waals surface area contributed by atoms with Crippen LogP contribution in [0.2, 0.25) is 0 Å². The summed E-state index contributed by atoms with van der Waals surface area (Å²) < 4.78 is 5.09. The Labute approximate surface area is 115 Å². The average molecular weight is 264 g/mol. The molecule has 1 aromatic rings. The molecule has 1 N–H and O–H groups in total. The minimum absolute atomic E-state index is 0.312. The van der Waals surface area contributed by atoms with Gasteiger partial charge in [-0.3, -0.25) is 0 Å². The molecule has 1 aromatic carbocycles. The third-order valence-corrected chi connectivity index (χ3v) is 3.73. The highest BCUT2D eigenvalue weighted by atomic mass is 16.5. The molecule has 0 radical (unpaired) electrons. The van der Waals surface area contributed by atoms with Crippen LogP contribution >= 0.6 is 0 Å². The van der Waals surface area contributed by atoms with Crippen LogP contribution in [0.1, 0.15) is 18.4 Å². The zero-order chi connectivity index (χ0) is 13.7. The molecule has 106 valence electrons. The molecular formula is C15H24N2O2. The lowest BCUT2D eigenvalue weighted by Crippen LogP contribution is -2.31. The van der Waals surface area contributed by atoms with Crippen molar-refractivity contribution in [2.45, 2.75) is 19.4 Å². The molecule has 2 rings (SSSR count). The van der Waals surface area contributed by atoms with Crippen molar-refractivity contribution in [1.29, 1.82) is 0 Å². The Morgan fingerprint density at radius 3 is 2.68 bits per heavy atom. The summed E-state index contributed by atoms with van der Waals surface area (Å²) in [7, 11) is 3.70. The van der Waals surface area contributed by atoms with Gasteiger partial charge in [0.1, 0.15) is 11.5 Å². The van der Waals surface area contributed by atoms with E-state index >= 15 is 0 Å². The topological polar surface area (TPSA) is 35.9 Å². The van der Waals surface area contributed by atoms with Crippen LogP contribution in [0.25, 0.3) is 0 Å². The quantitative estimate of drug-likeness (QED) is 0.851. The van der Waals surface area contributed by atoms with Crippen molar-refractivity contribution in [2.24, 2.45) is 0 Å². The van der Waals surface area contributed by atoms with E-state index in [0.717, 1.165) is 25.2 Å². The Hall–Kier alpha value is -1.26. The van der Waals surface area contributed by atoms with Gasteiger partial charge in [0.05, 0.1) is 7.11 Å². The van der Waals surface area contributed by atoms with E-state index in [0.29, 0.717) is 11.5 Å². The molecule has 0 atom stereocenters. The minimum Gasteiger partial charge on any atom is -0.507 e. The van der Waals surface area contributed by atoms with Gasteiger partial charge in [-0.15, -0.1) is 0 Å². The van der Waals surface area contributed by atoms with Gasteiger partial charge in [-0.05, 0) is 39.0 Å². The Bertz CT molecular complexity index is 403. The van der Waals surface area contributed by atoms with Crippen molar-refractivity contribution in [3.05, 3.63) is 23.8 Å². The minimum atomic E-state index is 0.312. The van der Waals surface area contributed by atoms with Crippen molar-refractivity contribution in [2.75, 3.05) is 40.3 Å². The molecule has 1 aliphatic rings. The molecule has 0 unspecified atom stereocenters. The molecule has 4 heteroatoms. The van der Waals surface area contributed by atoms with E-state index in [1.54, 1.807) is 13.2 Å². The monoisotopic (exact) mass is 264 g/mol. The van der Waals surface area contributed by atoms with Gasteiger partial charge in [-0.2, -0.15) is 0 Å². The van der Waals surface area contributed by atoms with Crippen LogP contribution in [-0.4, -0.2) is 55.2 Å². The molecule has 4 nitrogen and oxygen atoms in total. The highest BCUT2D eigenvalue weighted by molar-refractivity contribution is 5.39. The fourth-order valence-electron chi connectivity index (χ4n) is 2.49. The molecule has 1 aliphatic heterocycles. The molecule has 1 fully saturated rings. The van der Waals surface area contributed by atoms with Crippen LogP contribution in [-0.2, 0) is 6.54 Å². The molecule has 0 aromatic heterocycles. The van der Waals surface area contributed by atoms with Crippen LogP contribution in [0.3, 0.4) is 0 Å². The Balaban J connectivity index is 1.82. The number of phenols is 1. The summed E-state index contributed by atoms with van der Waals surface area (Å²) in [4.78, 5) is 4.75. The van der Waals surface area contributed by atoms with Gasteiger partial charge in [0, 0.05) is 31.3 Å². The Morgan fingerprint density at radius 2 is 2.05 bits per heavy atom. The number of phenolic OH excluding ortho intramolecular Hbond substituents is 1. The molecule has 0 amide bonds. The van der Waals surface area contributed by atoms with Gasteiger partial charge in [0.15, 0.2) is 0 Å². The van der Waals surface area contributed by atoms with Crippen molar-refractivity contribution in [3.8, 4) is 11.5 Å². The van der Waals surface area contributed by atoms with Crippen molar-refractivity contribution >= 4 is 0 Å². The Kier molecular flexibility index (Phi) is 5.05. The van der Waals surface area contributed by atoms with Crippen molar-refractivity contribution < 1.29 is 9.84 Å². The Morgan fingerprint density at radius 1 is 1.32 bits per heavy atom. The highest BCUT2D eigenvalue weighted by Crippen LogP contribution is 2.24. The summed E-state index contributed by atoms with van der Waals surface area (Å²) in [5.74, 6) is 1.01. The maximum atomic E-state index is 9.93. The summed E-state index contributed by atoms with van der Waals surface area (Å²) in [5.41, 5.74) is 0.949. The van der Waals surface area contributed by atoms with Crippen LogP contribution in [0, 0.1) is 0 Å². The maximum Gasteiger partial charge on any atom is 0.123 e. The predicted octanol–water partition coefficient (Wildman–Crippen LogP) is 1.93. The average Bonchev–Trinajstić information content (AvgIpc) is 2.92. The van der Waals surface area contributed by atoms with E-state index < -0.39 is 0 Å². The number of benzene rings is 1. The van der Waals surface area contributed by atoms with E-state index in [2.05, 4.69) is 16.8 Å². The second-order valence-electron chi connectivity index (χ2n) is 5.28. The molecule has 0 spiro atoms. The van der Waals surface area contributed by atoms with Gasteiger partial charge in [-0.1, -0.05) is 6.07 Å². The zero-order valence-corrected chi connectivity index (χ0v) is 11.9. The van der Waals surface area contributed by atoms with Crippen LogP contribution in [0.4, 0.5) is 0 Å². The first-order chi connectivity index (χ1) is 9.19. The standard InChI is InChI=1S/C15H24N2O2/c1-16(9-10-17-7-3-4-8-17)12-13-5-6-14(19-2)11-15(13)18/h5-6,11,18H,3-4,7-10,12H2,1-2H3. The van der Waals surface area contributed by atoms with E-state index in [4.69, 9.17) is 4.74 Å². The predicted molar refractivity (Wildman–Crippen MR) is 76.7 cm³/mol. The summed E-state index contributed by atoms with van der Waals surface area (Å²) >= 11 is 0. The van der Waals surface area contributed by atoms with Crippen molar-refractivity contribution in [1.82, 2.24) is 9.80 Å². The number of methoxy groups -OCH3 is 1. The number of nitrogens with zero attached hydrogens (tertiary/aromatic N) is 2. The molecule has 0 aliphatic carbocycles. The fraction of sp³-hybridized carbons (Fsp3) is 0.600. The summed E-state index contributed by atoms with van der Waals surface area (Å²) in [5, 5.41) is 9.93. The molecule has 1 heterocycles. The number of likely N-dealkylation sites (N-methyl/N-ethyl adjacent to an activating group) is 1. The maximum absolute atomic E-state index is 9.93. The van der Waals surface area contributed by atoms with Gasteiger partial charge in [0.25, 0.3) is 0 Å². The second-order valence-corrected chi connectivity index (χ2v) is 5.28. The molecule has 0 saturated carbocycles. The SMILES string of the molecule is COc1ccc(CN(C)CCN2CCCC2)c(O)c1. The number of likely N-dealkylation sites (tertiary alicyclic amines) is 1. The number of rotatable bonds is 6. The van der Waals surface area contributed by atoms with Crippen LogP contribution < -0.4 is 4.74 Å². The van der Waals surface area contributed by atoms with Gasteiger partial charge < -0.3 is 19.6 Å². The normalized spacial score (nSPS) is 16.2.